The molecule has 0 aliphatic carbocycles. The Kier molecular flexibility index (Phi) is 3.92. The zero-order valence-electron chi connectivity index (χ0n) is 11.8. The highest BCUT2D eigenvalue weighted by Crippen LogP contribution is 2.29. The van der Waals surface area contributed by atoms with Gasteiger partial charge >= 0.3 is 5.97 Å². The van der Waals surface area contributed by atoms with E-state index < -0.39 is 5.97 Å². The van der Waals surface area contributed by atoms with Crippen LogP contribution in [0.5, 0.6) is 0 Å². The van der Waals surface area contributed by atoms with Gasteiger partial charge in [0.15, 0.2) is 0 Å². The maximum absolute atomic E-state index is 13.4. The molecule has 1 atom stereocenters. The van der Waals surface area contributed by atoms with Crippen LogP contribution in [0.1, 0.15) is 18.4 Å². The molecule has 2 fully saturated rings. The predicted molar refractivity (Wildman–Crippen MR) is 79.9 cm³/mol. The quantitative estimate of drug-likeness (QED) is 0.867. The molecule has 1 N–H and O–H groups in total. The minimum Gasteiger partial charge on any atom is -0.478 e. The number of anilines is 1. The van der Waals surface area contributed by atoms with Gasteiger partial charge in [0, 0.05) is 43.0 Å². The summed E-state index contributed by atoms with van der Waals surface area (Å²) in [5.74, 6) is -1.37. The van der Waals surface area contributed by atoms with Gasteiger partial charge in [-0.2, -0.15) is 0 Å². The third-order valence-electron chi connectivity index (χ3n) is 4.32. The van der Waals surface area contributed by atoms with Crippen LogP contribution in [-0.2, 0) is 4.79 Å². The molecule has 5 heteroatoms. The fourth-order valence-electron chi connectivity index (χ4n) is 3.32. The molecule has 2 heterocycles. The molecule has 1 aromatic rings. The predicted octanol–water partition coefficient (Wildman–Crippen LogP) is 2.21. The van der Waals surface area contributed by atoms with Crippen molar-refractivity contribution in [2.24, 2.45) is 0 Å². The van der Waals surface area contributed by atoms with Crippen molar-refractivity contribution in [2.75, 3.05) is 31.1 Å². The number of aliphatic carboxylic acids is 1. The highest BCUT2D eigenvalue weighted by Gasteiger charge is 2.31. The van der Waals surface area contributed by atoms with Gasteiger partial charge in [0.1, 0.15) is 5.82 Å². The van der Waals surface area contributed by atoms with E-state index in [1.54, 1.807) is 6.07 Å². The van der Waals surface area contributed by atoms with Crippen molar-refractivity contribution in [1.82, 2.24) is 4.90 Å². The lowest BCUT2D eigenvalue weighted by molar-refractivity contribution is -0.131. The number of halogens is 1. The minimum absolute atomic E-state index is 0.344. The first-order valence-electron chi connectivity index (χ1n) is 7.33. The van der Waals surface area contributed by atoms with E-state index >= 15 is 0 Å². The number of hydrogen-bond acceptors (Lipinski definition) is 3. The highest BCUT2D eigenvalue weighted by atomic mass is 19.1. The van der Waals surface area contributed by atoms with Crippen LogP contribution in [0.4, 0.5) is 10.1 Å². The third kappa shape index (κ3) is 3.08. The zero-order valence-corrected chi connectivity index (χ0v) is 11.8. The Balaban J connectivity index is 1.85. The fourth-order valence-corrected chi connectivity index (χ4v) is 3.32. The number of carboxylic acid groups (broad SMARTS) is 1. The van der Waals surface area contributed by atoms with E-state index in [9.17, 15) is 9.18 Å². The van der Waals surface area contributed by atoms with Gasteiger partial charge < -0.3 is 10.0 Å². The molecular formula is C16H19FN2O2. The van der Waals surface area contributed by atoms with Crippen LogP contribution in [-0.4, -0.2) is 48.2 Å². The van der Waals surface area contributed by atoms with Crippen LogP contribution >= 0.6 is 0 Å². The van der Waals surface area contributed by atoms with Crippen LogP contribution in [0, 0.1) is 5.82 Å². The van der Waals surface area contributed by atoms with E-state index in [0.29, 0.717) is 11.6 Å². The number of nitrogens with zero attached hydrogens (tertiary/aromatic N) is 2. The highest BCUT2D eigenvalue weighted by molar-refractivity contribution is 5.87. The van der Waals surface area contributed by atoms with E-state index in [1.807, 2.05) is 0 Å². The van der Waals surface area contributed by atoms with Crippen LogP contribution in [0.2, 0.25) is 0 Å². The SMILES string of the molecule is O=C(O)/C=C/c1cc(F)ccc1N1CCN2CCCC2C1. The number of carbonyl (C=O) groups is 1. The van der Waals surface area contributed by atoms with Crippen molar-refractivity contribution in [3.63, 3.8) is 0 Å². The molecule has 21 heavy (non-hydrogen) atoms. The first-order chi connectivity index (χ1) is 10.1. The van der Waals surface area contributed by atoms with Gasteiger partial charge in [0.2, 0.25) is 0 Å². The number of fused-ring (bicyclic) bond motifs is 1. The van der Waals surface area contributed by atoms with Crippen molar-refractivity contribution in [1.29, 1.82) is 0 Å². The molecule has 0 aromatic heterocycles. The average molecular weight is 290 g/mol. The molecule has 1 unspecified atom stereocenters. The van der Waals surface area contributed by atoms with Crippen LogP contribution < -0.4 is 4.90 Å². The van der Waals surface area contributed by atoms with Gasteiger partial charge in [-0.1, -0.05) is 0 Å². The van der Waals surface area contributed by atoms with E-state index in [1.165, 1.54) is 37.6 Å². The smallest absolute Gasteiger partial charge is 0.328 e. The van der Waals surface area contributed by atoms with Gasteiger partial charge in [-0.25, -0.2) is 9.18 Å². The Morgan fingerprint density at radius 3 is 3.00 bits per heavy atom. The summed E-state index contributed by atoms with van der Waals surface area (Å²) in [6.45, 7) is 4.02. The summed E-state index contributed by atoms with van der Waals surface area (Å²) in [6.07, 6.45) is 4.98. The Labute approximate surface area is 123 Å². The van der Waals surface area contributed by atoms with E-state index in [4.69, 9.17) is 5.11 Å². The van der Waals surface area contributed by atoms with Gasteiger partial charge in [0.25, 0.3) is 0 Å². The lowest BCUT2D eigenvalue weighted by atomic mass is 10.1. The van der Waals surface area contributed by atoms with E-state index in [0.717, 1.165) is 31.4 Å². The van der Waals surface area contributed by atoms with E-state index in [-0.39, 0.29) is 5.82 Å². The molecule has 112 valence electrons. The van der Waals surface area contributed by atoms with Crippen LogP contribution in [0.3, 0.4) is 0 Å². The van der Waals surface area contributed by atoms with Crippen molar-refractivity contribution in [3.8, 4) is 0 Å². The summed E-state index contributed by atoms with van der Waals surface area (Å²) in [6, 6.07) is 5.16. The van der Waals surface area contributed by atoms with Crippen molar-refractivity contribution >= 4 is 17.7 Å². The number of hydrogen-bond donors (Lipinski definition) is 1. The molecule has 0 amide bonds. The molecule has 3 rings (SSSR count). The monoisotopic (exact) mass is 290 g/mol. The topological polar surface area (TPSA) is 43.8 Å². The Hall–Kier alpha value is -1.88. The normalized spacial score (nSPS) is 22.7. The van der Waals surface area contributed by atoms with Gasteiger partial charge in [-0.05, 0) is 43.7 Å². The summed E-state index contributed by atoms with van der Waals surface area (Å²) in [5, 5.41) is 8.77. The van der Waals surface area contributed by atoms with Crippen molar-refractivity contribution < 1.29 is 14.3 Å². The summed E-state index contributed by atoms with van der Waals surface area (Å²) in [5.41, 5.74) is 1.55. The maximum Gasteiger partial charge on any atom is 0.328 e. The molecule has 2 aliphatic heterocycles. The maximum atomic E-state index is 13.4. The molecule has 2 aliphatic rings. The fraction of sp³-hybridized carbons (Fsp3) is 0.438. The Bertz CT molecular complexity index is 573. The average Bonchev–Trinajstić information content (AvgIpc) is 2.92. The second kappa shape index (κ2) is 5.85. The second-order valence-electron chi connectivity index (χ2n) is 5.65. The van der Waals surface area contributed by atoms with E-state index in [2.05, 4.69) is 9.80 Å². The minimum atomic E-state index is -1.02. The summed E-state index contributed by atoms with van der Waals surface area (Å²) in [7, 11) is 0. The lowest BCUT2D eigenvalue weighted by Gasteiger charge is -2.39. The van der Waals surface area contributed by atoms with Crippen molar-refractivity contribution in [2.45, 2.75) is 18.9 Å². The summed E-state index contributed by atoms with van der Waals surface area (Å²) in [4.78, 5) is 15.4. The molecule has 4 nitrogen and oxygen atoms in total. The van der Waals surface area contributed by atoms with Gasteiger partial charge in [-0.3, -0.25) is 4.90 Å². The Morgan fingerprint density at radius 1 is 1.33 bits per heavy atom. The number of rotatable bonds is 3. The molecule has 1 aromatic carbocycles. The second-order valence-corrected chi connectivity index (χ2v) is 5.65. The lowest BCUT2D eigenvalue weighted by Crippen LogP contribution is -2.50. The molecule has 0 bridgehead atoms. The first kappa shape index (κ1) is 14.1. The Morgan fingerprint density at radius 2 is 2.19 bits per heavy atom. The van der Waals surface area contributed by atoms with Crippen molar-refractivity contribution in [3.05, 3.63) is 35.7 Å². The third-order valence-corrected chi connectivity index (χ3v) is 4.32. The van der Waals surface area contributed by atoms with Crippen LogP contribution in [0.25, 0.3) is 6.08 Å². The molecular weight excluding hydrogens is 271 g/mol. The van der Waals surface area contributed by atoms with Gasteiger partial charge in [-0.15, -0.1) is 0 Å². The molecule has 0 spiro atoms. The summed E-state index contributed by atoms with van der Waals surface area (Å²) < 4.78 is 13.4. The molecule has 2 saturated heterocycles. The number of carboxylic acids is 1. The number of benzene rings is 1. The number of piperazine rings is 1. The van der Waals surface area contributed by atoms with Crippen LogP contribution in [0.15, 0.2) is 24.3 Å². The summed E-state index contributed by atoms with van der Waals surface area (Å²) >= 11 is 0. The van der Waals surface area contributed by atoms with Gasteiger partial charge in [0.05, 0.1) is 0 Å². The first-order valence-corrected chi connectivity index (χ1v) is 7.33. The zero-order chi connectivity index (χ0) is 14.8. The standard InChI is InChI=1S/C16H19FN2O2/c17-13-4-5-15(12(10-13)3-6-16(20)21)19-9-8-18-7-1-2-14(18)11-19/h3-6,10,14H,1-2,7-9,11H2,(H,20,21)/b6-3+. The molecule has 0 radical (unpaired) electrons. The largest absolute Gasteiger partial charge is 0.478 e. The molecule has 0 saturated carbocycles.